The number of hydrogen-bond acceptors (Lipinski definition) is 3. The zero-order chi connectivity index (χ0) is 20.3. The van der Waals surface area contributed by atoms with Crippen LogP contribution in [0.3, 0.4) is 0 Å². The quantitative estimate of drug-likeness (QED) is 0.736. The van der Waals surface area contributed by atoms with E-state index < -0.39 is 0 Å². The smallest absolute Gasteiger partial charge is 0.314 e. The first-order chi connectivity index (χ1) is 13.3. The van der Waals surface area contributed by atoms with Crippen LogP contribution in [-0.4, -0.2) is 71.9 Å². The third-order valence-electron chi connectivity index (χ3n) is 5.70. The summed E-state index contributed by atoms with van der Waals surface area (Å²) in [5.41, 5.74) is 7.43. The molecular formula is C20H27BrClN4O2. The highest BCUT2D eigenvalue weighted by Gasteiger charge is 2.29. The van der Waals surface area contributed by atoms with Crippen LogP contribution in [0.25, 0.3) is 0 Å². The van der Waals surface area contributed by atoms with Crippen LogP contribution < -0.4 is 5.73 Å². The molecule has 0 aromatic heterocycles. The Morgan fingerprint density at radius 3 is 2.36 bits per heavy atom. The first-order valence-corrected chi connectivity index (χ1v) is 10.9. The van der Waals surface area contributed by atoms with Crippen molar-refractivity contribution in [2.24, 2.45) is 5.73 Å². The van der Waals surface area contributed by atoms with Gasteiger partial charge in [-0.3, -0.25) is 9.69 Å². The van der Waals surface area contributed by atoms with Crippen LogP contribution in [0, 0.1) is 13.3 Å². The van der Waals surface area contributed by atoms with Crippen LogP contribution in [0.2, 0.25) is 5.02 Å². The van der Waals surface area contributed by atoms with Crippen molar-refractivity contribution in [1.82, 2.24) is 14.7 Å². The summed E-state index contributed by atoms with van der Waals surface area (Å²) in [5.74, 6) is 0.0897. The van der Waals surface area contributed by atoms with Gasteiger partial charge in [0.05, 0.1) is 11.4 Å². The molecule has 1 aromatic carbocycles. The molecule has 0 saturated carbocycles. The Morgan fingerprint density at radius 1 is 1.14 bits per heavy atom. The molecule has 28 heavy (non-hydrogen) atoms. The Kier molecular flexibility index (Phi) is 7.23. The Balaban J connectivity index is 1.43. The van der Waals surface area contributed by atoms with Crippen molar-refractivity contribution in [3.05, 3.63) is 39.2 Å². The molecule has 6 nitrogen and oxygen atoms in total. The lowest BCUT2D eigenvalue weighted by Gasteiger charge is -2.42. The highest BCUT2D eigenvalue weighted by atomic mass is 79.9. The molecule has 2 saturated heterocycles. The van der Waals surface area contributed by atoms with Gasteiger partial charge in [-0.05, 0) is 59.3 Å². The maximum atomic E-state index is 12.6. The maximum absolute atomic E-state index is 12.6. The average molecular weight is 471 g/mol. The molecule has 0 spiro atoms. The normalized spacial score (nSPS) is 19.1. The van der Waals surface area contributed by atoms with E-state index in [0.29, 0.717) is 17.5 Å². The second-order valence-electron chi connectivity index (χ2n) is 7.53. The Morgan fingerprint density at radius 2 is 1.79 bits per heavy atom. The fourth-order valence-corrected chi connectivity index (χ4v) is 4.72. The predicted octanol–water partition coefficient (Wildman–Crippen LogP) is 2.85. The third kappa shape index (κ3) is 5.19. The number of carbonyl (C=O) groups excluding carboxylic acids is 2. The lowest BCUT2D eigenvalue weighted by Crippen LogP contribution is -2.55. The van der Waals surface area contributed by atoms with Crippen molar-refractivity contribution in [3.8, 4) is 0 Å². The standard InChI is InChI=1S/C20H27BrClN4O2/c1-14-12-15(13-17(21)19(14)22)2-3-18(27)25-10-8-24(9-11-25)16-4-6-26(7-5-16)20(23)28/h3,12-13,16H,2,4-11H2,1H3,(H2,23,28). The summed E-state index contributed by atoms with van der Waals surface area (Å²) < 4.78 is 0.862. The maximum Gasteiger partial charge on any atom is 0.314 e. The van der Waals surface area contributed by atoms with Crippen LogP contribution in [0.5, 0.6) is 0 Å². The van der Waals surface area contributed by atoms with Gasteiger partial charge in [0.2, 0.25) is 5.91 Å². The number of primary amides is 1. The van der Waals surface area contributed by atoms with Gasteiger partial charge in [0.25, 0.3) is 0 Å². The van der Waals surface area contributed by atoms with Gasteiger partial charge in [-0.15, -0.1) is 0 Å². The van der Waals surface area contributed by atoms with E-state index in [-0.39, 0.29) is 11.9 Å². The van der Waals surface area contributed by atoms with E-state index in [1.54, 1.807) is 11.3 Å². The molecule has 3 rings (SSSR count). The molecule has 2 aliphatic rings. The van der Waals surface area contributed by atoms with Gasteiger partial charge >= 0.3 is 6.03 Å². The Bertz CT molecular complexity index is 706. The lowest BCUT2D eigenvalue weighted by molar-refractivity contribution is -0.129. The predicted molar refractivity (Wildman–Crippen MR) is 114 cm³/mol. The lowest BCUT2D eigenvalue weighted by atomic mass is 10.0. The van der Waals surface area contributed by atoms with E-state index in [2.05, 4.69) is 20.8 Å². The van der Waals surface area contributed by atoms with Crippen LogP contribution >= 0.6 is 27.5 Å². The zero-order valence-electron chi connectivity index (χ0n) is 16.2. The van der Waals surface area contributed by atoms with E-state index >= 15 is 0 Å². The highest BCUT2D eigenvalue weighted by molar-refractivity contribution is 9.10. The fourth-order valence-electron chi connectivity index (χ4n) is 4.01. The second-order valence-corrected chi connectivity index (χ2v) is 8.77. The van der Waals surface area contributed by atoms with Crippen molar-refractivity contribution >= 4 is 39.5 Å². The van der Waals surface area contributed by atoms with Gasteiger partial charge in [-0.1, -0.05) is 17.7 Å². The third-order valence-corrected chi connectivity index (χ3v) is 7.06. The molecule has 0 unspecified atom stereocenters. The molecule has 2 N–H and O–H groups in total. The van der Waals surface area contributed by atoms with Crippen LogP contribution in [0.4, 0.5) is 4.79 Å². The number of nitrogens with zero attached hydrogens (tertiary/aromatic N) is 3. The monoisotopic (exact) mass is 469 g/mol. The van der Waals surface area contributed by atoms with Crippen LogP contribution in [0.1, 0.15) is 24.0 Å². The van der Waals surface area contributed by atoms with Gasteiger partial charge in [0.15, 0.2) is 0 Å². The summed E-state index contributed by atoms with van der Waals surface area (Å²) in [5, 5.41) is 0.716. The van der Waals surface area contributed by atoms with Gasteiger partial charge in [-0.25, -0.2) is 4.79 Å². The molecule has 1 aromatic rings. The number of amides is 3. The average Bonchev–Trinajstić information content (AvgIpc) is 2.70. The van der Waals surface area contributed by atoms with E-state index in [4.69, 9.17) is 17.3 Å². The first kappa shape index (κ1) is 21.4. The van der Waals surface area contributed by atoms with Crippen molar-refractivity contribution < 1.29 is 9.59 Å². The van der Waals surface area contributed by atoms with Crippen LogP contribution in [-0.2, 0) is 11.2 Å². The number of rotatable bonds is 4. The molecule has 8 heteroatoms. The van der Waals surface area contributed by atoms with Crippen LogP contribution in [0.15, 0.2) is 16.6 Å². The van der Waals surface area contributed by atoms with Crippen molar-refractivity contribution in [3.63, 3.8) is 0 Å². The summed E-state index contributed by atoms with van der Waals surface area (Å²) in [4.78, 5) is 29.9. The summed E-state index contributed by atoms with van der Waals surface area (Å²) in [6.45, 7) is 6.67. The zero-order valence-corrected chi connectivity index (χ0v) is 18.5. The number of urea groups is 1. The number of hydrogen-bond donors (Lipinski definition) is 1. The SMILES string of the molecule is Cc1cc(C[CH]C(=O)N2CCN(C3CCN(C(N)=O)CC3)CC2)cc(Br)c1Cl. The minimum atomic E-state index is -0.327. The molecule has 1 radical (unpaired) electrons. The summed E-state index contributed by atoms with van der Waals surface area (Å²) in [7, 11) is 0. The van der Waals surface area contributed by atoms with E-state index in [1.165, 1.54) is 0 Å². The number of aryl methyl sites for hydroxylation is 1. The number of likely N-dealkylation sites (tertiary alicyclic amines) is 1. The molecular weight excluding hydrogens is 444 g/mol. The minimum Gasteiger partial charge on any atom is -0.351 e. The molecule has 2 fully saturated rings. The highest BCUT2D eigenvalue weighted by Crippen LogP contribution is 2.28. The van der Waals surface area contributed by atoms with Crippen molar-refractivity contribution in [2.75, 3.05) is 39.3 Å². The van der Waals surface area contributed by atoms with Gasteiger partial charge < -0.3 is 15.5 Å². The number of nitrogens with two attached hydrogens (primary N) is 1. The van der Waals surface area contributed by atoms with E-state index in [9.17, 15) is 9.59 Å². The first-order valence-electron chi connectivity index (χ1n) is 9.70. The fraction of sp³-hybridized carbons (Fsp3) is 0.550. The Labute approximate surface area is 180 Å². The topological polar surface area (TPSA) is 69.9 Å². The van der Waals surface area contributed by atoms with Gasteiger partial charge in [0, 0.05) is 49.8 Å². The number of carbonyl (C=O) groups is 2. The number of benzene rings is 1. The van der Waals surface area contributed by atoms with Crippen molar-refractivity contribution in [2.45, 2.75) is 32.2 Å². The summed E-state index contributed by atoms with van der Waals surface area (Å²) in [6, 6.07) is 4.14. The van der Waals surface area contributed by atoms with E-state index in [1.807, 2.05) is 24.0 Å². The minimum absolute atomic E-state index is 0.0897. The molecule has 153 valence electrons. The molecule has 3 amide bonds. The van der Waals surface area contributed by atoms with Crippen molar-refractivity contribution in [1.29, 1.82) is 0 Å². The Hall–Kier alpha value is -1.31. The molecule has 0 bridgehead atoms. The molecule has 2 heterocycles. The largest absolute Gasteiger partial charge is 0.351 e. The molecule has 2 aliphatic heterocycles. The van der Waals surface area contributed by atoms with Gasteiger partial charge in [0.1, 0.15) is 0 Å². The summed E-state index contributed by atoms with van der Waals surface area (Å²) >= 11 is 9.63. The molecule has 0 aliphatic carbocycles. The van der Waals surface area contributed by atoms with E-state index in [0.717, 1.165) is 67.7 Å². The number of halogens is 2. The van der Waals surface area contributed by atoms with Gasteiger partial charge in [-0.2, -0.15) is 0 Å². The number of piperazine rings is 1. The number of piperidine rings is 1. The molecule has 0 atom stereocenters. The summed E-state index contributed by atoms with van der Waals surface area (Å²) in [6.07, 6.45) is 4.26. The second kappa shape index (κ2) is 9.46.